The number of amides is 1. The molecule has 0 radical (unpaired) electrons. The molecule has 1 aromatic carbocycles. The fourth-order valence-corrected chi connectivity index (χ4v) is 1.84. The van der Waals surface area contributed by atoms with Crippen LogP contribution in [-0.2, 0) is 0 Å². The van der Waals surface area contributed by atoms with Crippen LogP contribution in [-0.4, -0.2) is 23.0 Å². The van der Waals surface area contributed by atoms with E-state index in [0.29, 0.717) is 12.1 Å². The molecule has 5 nitrogen and oxygen atoms in total. The molecular weight excluding hydrogens is 275 g/mol. The van der Waals surface area contributed by atoms with Crippen molar-refractivity contribution in [3.05, 3.63) is 35.1 Å². The van der Waals surface area contributed by atoms with Gasteiger partial charge in [-0.3, -0.25) is 4.79 Å². The Labute approximate surface area is 112 Å². The van der Waals surface area contributed by atoms with Crippen LogP contribution >= 0.6 is 0 Å². The van der Waals surface area contributed by atoms with Gasteiger partial charge in [0, 0.05) is 5.56 Å². The lowest BCUT2D eigenvalue weighted by Gasteiger charge is -2.16. The number of halogens is 3. The van der Waals surface area contributed by atoms with Crippen LogP contribution in [0.5, 0.6) is 0 Å². The highest BCUT2D eigenvalue weighted by Gasteiger charge is 2.35. The lowest BCUT2D eigenvalue weighted by Crippen LogP contribution is -2.46. The van der Waals surface area contributed by atoms with Crippen LogP contribution in [0.15, 0.2) is 17.3 Å². The lowest BCUT2D eigenvalue weighted by molar-refractivity contribution is 0.0941. The summed E-state index contributed by atoms with van der Waals surface area (Å²) in [6.45, 7) is 0. The molecular formula is C12H12F3N3O2. The molecule has 0 bridgehead atoms. The fraction of sp³-hybridized carbons (Fsp3) is 0.333. The zero-order valence-electron chi connectivity index (χ0n) is 10.2. The number of carbonyl (C=O) groups is 1. The van der Waals surface area contributed by atoms with Gasteiger partial charge in [0.05, 0.1) is 6.04 Å². The molecule has 2 rings (SSSR count). The van der Waals surface area contributed by atoms with Gasteiger partial charge < -0.3 is 16.3 Å². The second-order valence-corrected chi connectivity index (χ2v) is 4.57. The van der Waals surface area contributed by atoms with E-state index in [-0.39, 0.29) is 17.3 Å². The summed E-state index contributed by atoms with van der Waals surface area (Å²) in [6, 6.07) is 0.456. The molecule has 20 heavy (non-hydrogen) atoms. The molecule has 0 aromatic heterocycles. The first kappa shape index (κ1) is 14.2. The fourth-order valence-electron chi connectivity index (χ4n) is 1.84. The first-order valence-corrected chi connectivity index (χ1v) is 5.87. The maximum absolute atomic E-state index is 13.1. The SMILES string of the molecule is NC(=NO)C(NC(=O)c1cc(F)c(F)c(F)c1)C1CC1. The predicted octanol–water partition coefficient (Wildman–Crippen LogP) is 1.36. The summed E-state index contributed by atoms with van der Waals surface area (Å²) in [4.78, 5) is 11.9. The van der Waals surface area contributed by atoms with Crippen LogP contribution in [0, 0.1) is 23.4 Å². The van der Waals surface area contributed by atoms with Crippen molar-refractivity contribution in [1.29, 1.82) is 0 Å². The summed E-state index contributed by atoms with van der Waals surface area (Å²) in [7, 11) is 0. The van der Waals surface area contributed by atoms with Crippen LogP contribution in [0.1, 0.15) is 23.2 Å². The third-order valence-corrected chi connectivity index (χ3v) is 3.06. The van der Waals surface area contributed by atoms with E-state index in [1.807, 2.05) is 0 Å². The molecule has 1 aliphatic rings. The van der Waals surface area contributed by atoms with Crippen LogP contribution in [0.25, 0.3) is 0 Å². The smallest absolute Gasteiger partial charge is 0.252 e. The normalized spacial score (nSPS) is 16.9. The Morgan fingerprint density at radius 2 is 1.90 bits per heavy atom. The van der Waals surface area contributed by atoms with E-state index in [9.17, 15) is 18.0 Å². The van der Waals surface area contributed by atoms with Gasteiger partial charge in [0.2, 0.25) is 0 Å². The number of rotatable bonds is 4. The summed E-state index contributed by atoms with van der Waals surface area (Å²) in [5, 5.41) is 13.9. The summed E-state index contributed by atoms with van der Waals surface area (Å²) in [6.07, 6.45) is 1.57. The maximum atomic E-state index is 13.1. The number of nitrogens with zero attached hydrogens (tertiary/aromatic N) is 1. The van der Waals surface area contributed by atoms with Gasteiger partial charge in [0.1, 0.15) is 0 Å². The van der Waals surface area contributed by atoms with Crippen LogP contribution in [0.3, 0.4) is 0 Å². The Hall–Kier alpha value is -2.25. The Morgan fingerprint density at radius 3 is 2.35 bits per heavy atom. The number of hydrogen-bond acceptors (Lipinski definition) is 3. The van der Waals surface area contributed by atoms with Crippen molar-refractivity contribution in [2.75, 3.05) is 0 Å². The van der Waals surface area contributed by atoms with Gasteiger partial charge in [0.15, 0.2) is 23.3 Å². The van der Waals surface area contributed by atoms with Crippen molar-refractivity contribution in [3.8, 4) is 0 Å². The third-order valence-electron chi connectivity index (χ3n) is 3.06. The molecule has 1 atom stereocenters. The zero-order chi connectivity index (χ0) is 14.9. The Kier molecular flexibility index (Phi) is 3.82. The molecule has 8 heteroatoms. The Bertz CT molecular complexity index is 550. The second kappa shape index (κ2) is 5.40. The monoisotopic (exact) mass is 287 g/mol. The molecule has 0 spiro atoms. The molecule has 0 saturated heterocycles. The van der Waals surface area contributed by atoms with Gasteiger partial charge in [-0.1, -0.05) is 5.16 Å². The van der Waals surface area contributed by atoms with Crippen molar-refractivity contribution < 1.29 is 23.2 Å². The largest absolute Gasteiger partial charge is 0.409 e. The highest BCUT2D eigenvalue weighted by molar-refractivity contribution is 5.98. The maximum Gasteiger partial charge on any atom is 0.252 e. The highest BCUT2D eigenvalue weighted by Crippen LogP contribution is 2.32. The summed E-state index contributed by atoms with van der Waals surface area (Å²) in [5.41, 5.74) is 5.07. The Balaban J connectivity index is 2.19. The predicted molar refractivity (Wildman–Crippen MR) is 63.7 cm³/mol. The van der Waals surface area contributed by atoms with Gasteiger partial charge >= 0.3 is 0 Å². The number of nitrogens with two attached hydrogens (primary N) is 1. The van der Waals surface area contributed by atoms with Crippen molar-refractivity contribution in [1.82, 2.24) is 5.32 Å². The van der Waals surface area contributed by atoms with Crippen molar-refractivity contribution in [3.63, 3.8) is 0 Å². The van der Waals surface area contributed by atoms with Gasteiger partial charge in [-0.25, -0.2) is 13.2 Å². The topological polar surface area (TPSA) is 87.7 Å². The van der Waals surface area contributed by atoms with E-state index in [1.54, 1.807) is 0 Å². The minimum Gasteiger partial charge on any atom is -0.409 e. The van der Waals surface area contributed by atoms with Gasteiger partial charge in [-0.15, -0.1) is 0 Å². The summed E-state index contributed by atoms with van der Waals surface area (Å²) < 4.78 is 38.9. The molecule has 1 fully saturated rings. The van der Waals surface area contributed by atoms with E-state index in [2.05, 4.69) is 10.5 Å². The van der Waals surface area contributed by atoms with Crippen molar-refractivity contribution in [2.24, 2.45) is 16.8 Å². The minimum atomic E-state index is -1.64. The summed E-state index contributed by atoms with van der Waals surface area (Å²) in [5.74, 6) is -5.55. The van der Waals surface area contributed by atoms with E-state index in [1.165, 1.54) is 0 Å². The molecule has 1 aromatic rings. The molecule has 0 aliphatic heterocycles. The average Bonchev–Trinajstić information content (AvgIpc) is 3.24. The van der Waals surface area contributed by atoms with Crippen molar-refractivity contribution in [2.45, 2.75) is 18.9 Å². The number of oxime groups is 1. The highest BCUT2D eigenvalue weighted by atomic mass is 19.2. The van der Waals surface area contributed by atoms with Gasteiger partial charge in [-0.05, 0) is 30.9 Å². The summed E-state index contributed by atoms with van der Waals surface area (Å²) >= 11 is 0. The molecule has 1 unspecified atom stereocenters. The molecule has 1 saturated carbocycles. The molecule has 1 aliphatic carbocycles. The van der Waals surface area contributed by atoms with E-state index >= 15 is 0 Å². The van der Waals surface area contributed by atoms with Crippen LogP contribution in [0.2, 0.25) is 0 Å². The lowest BCUT2D eigenvalue weighted by atomic mass is 10.1. The van der Waals surface area contributed by atoms with E-state index in [0.717, 1.165) is 12.8 Å². The first-order valence-electron chi connectivity index (χ1n) is 5.87. The minimum absolute atomic E-state index is 0.0185. The second-order valence-electron chi connectivity index (χ2n) is 4.57. The first-order chi connectivity index (χ1) is 9.43. The third kappa shape index (κ3) is 2.84. The zero-order valence-corrected chi connectivity index (χ0v) is 10.2. The number of benzene rings is 1. The van der Waals surface area contributed by atoms with E-state index < -0.39 is 29.4 Å². The average molecular weight is 287 g/mol. The van der Waals surface area contributed by atoms with Gasteiger partial charge in [-0.2, -0.15) is 0 Å². The van der Waals surface area contributed by atoms with Crippen LogP contribution in [0.4, 0.5) is 13.2 Å². The van der Waals surface area contributed by atoms with E-state index in [4.69, 9.17) is 10.9 Å². The number of nitrogens with one attached hydrogen (secondary N) is 1. The number of amidine groups is 1. The number of carbonyl (C=O) groups excluding carboxylic acids is 1. The molecule has 0 heterocycles. The van der Waals surface area contributed by atoms with Crippen molar-refractivity contribution >= 4 is 11.7 Å². The quantitative estimate of drug-likeness (QED) is 0.257. The molecule has 4 N–H and O–H groups in total. The number of hydrogen-bond donors (Lipinski definition) is 3. The van der Waals surface area contributed by atoms with Gasteiger partial charge in [0.25, 0.3) is 5.91 Å². The van der Waals surface area contributed by atoms with Crippen LogP contribution < -0.4 is 11.1 Å². The molecule has 1 amide bonds. The molecule has 108 valence electrons. The Morgan fingerprint density at radius 1 is 1.35 bits per heavy atom. The standard InChI is InChI=1S/C12H12F3N3O2/c13-7-3-6(4-8(14)9(7)15)12(19)17-10(5-1-2-5)11(16)18-20/h3-5,10,20H,1-2H2,(H2,16,18)(H,17,19).